The molecule has 0 aliphatic carbocycles. The van der Waals surface area contributed by atoms with E-state index in [0.29, 0.717) is 0 Å². The topological polar surface area (TPSA) is 27.3 Å². The monoisotopic (exact) mass is 597 g/mol. The number of fused-ring (bicyclic) bond motifs is 6. The molecule has 3 nitrogen and oxygen atoms in total. The largest absolute Gasteiger partial charge is 0.489 e. The quantitative estimate of drug-likeness (QED) is 0.178. The van der Waals surface area contributed by atoms with E-state index >= 15 is 0 Å². The lowest BCUT2D eigenvalue weighted by atomic mass is 9.84. The highest BCUT2D eigenvalue weighted by Gasteiger charge is 2.33. The first kappa shape index (κ1) is 28.0. The summed E-state index contributed by atoms with van der Waals surface area (Å²) >= 11 is 0. The van der Waals surface area contributed by atoms with Crippen LogP contribution in [-0.4, -0.2) is 10.7 Å². The molecule has 3 heterocycles. The summed E-state index contributed by atoms with van der Waals surface area (Å²) in [4.78, 5) is 0. The van der Waals surface area contributed by atoms with Gasteiger partial charge in [-0.05, 0) is 78.9 Å². The molecule has 0 N–H and O–H groups in total. The Balaban J connectivity index is 1.25. The second kappa shape index (κ2) is 11.1. The lowest BCUT2D eigenvalue weighted by molar-refractivity contribution is 0.238. The minimum Gasteiger partial charge on any atom is -0.489 e. The van der Waals surface area contributed by atoms with Crippen molar-refractivity contribution in [3.05, 3.63) is 162 Å². The van der Waals surface area contributed by atoms with Crippen LogP contribution >= 0.6 is 0 Å². The third-order valence-corrected chi connectivity index (χ3v) is 9.35. The number of aromatic nitrogens is 1. The molecule has 46 heavy (non-hydrogen) atoms. The summed E-state index contributed by atoms with van der Waals surface area (Å²) in [6, 6.07) is 42.7. The average Bonchev–Trinajstić information content (AvgIpc) is 3.72. The van der Waals surface area contributed by atoms with Crippen molar-refractivity contribution in [2.75, 3.05) is 0 Å². The van der Waals surface area contributed by atoms with Crippen LogP contribution in [0.25, 0.3) is 55.4 Å². The summed E-state index contributed by atoms with van der Waals surface area (Å²) in [6.07, 6.45) is 4.50. The first-order valence-corrected chi connectivity index (χ1v) is 15.9. The molecule has 224 valence electrons. The number of allylic oxidation sites excluding steroid dienone is 4. The molecule has 0 bridgehead atoms. The van der Waals surface area contributed by atoms with Gasteiger partial charge in [0.2, 0.25) is 5.71 Å². The zero-order valence-corrected chi connectivity index (χ0v) is 26.3. The van der Waals surface area contributed by atoms with E-state index in [4.69, 9.17) is 9.15 Å². The molecule has 0 spiro atoms. The van der Waals surface area contributed by atoms with Gasteiger partial charge in [0.05, 0.1) is 10.9 Å². The van der Waals surface area contributed by atoms with Gasteiger partial charge in [0.15, 0.2) is 0 Å². The van der Waals surface area contributed by atoms with E-state index in [1.165, 1.54) is 33.2 Å². The lowest BCUT2D eigenvalue weighted by Gasteiger charge is -2.19. The molecular weight excluding hydrogens is 562 g/mol. The number of hydrogen-bond donors (Lipinski definition) is 0. The van der Waals surface area contributed by atoms with Crippen molar-refractivity contribution >= 4 is 38.5 Å². The van der Waals surface area contributed by atoms with Crippen molar-refractivity contribution in [2.45, 2.75) is 32.8 Å². The molecular formula is C43H35NO2. The van der Waals surface area contributed by atoms with E-state index in [2.05, 4.69) is 141 Å². The maximum absolute atomic E-state index is 6.56. The molecule has 2 atom stereocenters. The van der Waals surface area contributed by atoms with Crippen LogP contribution < -0.4 is 4.74 Å². The van der Waals surface area contributed by atoms with Crippen LogP contribution in [0.5, 0.6) is 5.75 Å². The summed E-state index contributed by atoms with van der Waals surface area (Å²) in [7, 11) is 0. The molecule has 0 radical (unpaired) electrons. The SMILES string of the molecule is C=C(C)/C(=C\C=C(/C)c1ccc2c3c4ccccc4oc3n(-c3ccc(-c4ccccc4)cc3)c2c1)C1c2ccccc2OC1C. The Morgan fingerprint density at radius 1 is 0.739 bits per heavy atom. The normalized spacial score (nSPS) is 16.7. The zero-order chi connectivity index (χ0) is 31.4. The minimum absolute atomic E-state index is 0.0484. The van der Waals surface area contributed by atoms with Crippen LogP contribution in [-0.2, 0) is 0 Å². The Kier molecular flexibility index (Phi) is 6.76. The van der Waals surface area contributed by atoms with E-state index in [1.54, 1.807) is 0 Å². The molecule has 7 aromatic rings. The van der Waals surface area contributed by atoms with E-state index in [-0.39, 0.29) is 12.0 Å². The van der Waals surface area contributed by atoms with Crippen molar-refractivity contribution < 1.29 is 9.15 Å². The minimum atomic E-state index is 0.0484. The van der Waals surface area contributed by atoms with Gasteiger partial charge < -0.3 is 9.15 Å². The van der Waals surface area contributed by atoms with E-state index in [9.17, 15) is 0 Å². The second-order valence-corrected chi connectivity index (χ2v) is 12.3. The highest BCUT2D eigenvalue weighted by molar-refractivity contribution is 6.20. The Morgan fingerprint density at radius 2 is 1.46 bits per heavy atom. The molecule has 5 aromatic carbocycles. The number of hydrogen-bond acceptors (Lipinski definition) is 2. The predicted molar refractivity (Wildman–Crippen MR) is 192 cm³/mol. The van der Waals surface area contributed by atoms with Crippen LogP contribution in [0.3, 0.4) is 0 Å². The first-order chi connectivity index (χ1) is 22.5. The van der Waals surface area contributed by atoms with Gasteiger partial charge in [-0.15, -0.1) is 0 Å². The number of ether oxygens (including phenoxy) is 1. The van der Waals surface area contributed by atoms with Crippen molar-refractivity contribution in [3.63, 3.8) is 0 Å². The fourth-order valence-corrected chi connectivity index (χ4v) is 7.03. The Hall–Kier alpha value is -5.54. The van der Waals surface area contributed by atoms with Crippen molar-refractivity contribution in [1.29, 1.82) is 0 Å². The summed E-state index contributed by atoms with van der Waals surface area (Å²) in [6.45, 7) is 10.8. The van der Waals surface area contributed by atoms with Gasteiger partial charge in [0.25, 0.3) is 0 Å². The molecule has 3 heteroatoms. The molecule has 1 aliphatic rings. The van der Waals surface area contributed by atoms with Crippen LogP contribution in [0.1, 0.15) is 37.8 Å². The van der Waals surface area contributed by atoms with Gasteiger partial charge in [-0.1, -0.05) is 115 Å². The van der Waals surface area contributed by atoms with Gasteiger partial charge >= 0.3 is 0 Å². The van der Waals surface area contributed by atoms with Gasteiger partial charge in [-0.3, -0.25) is 4.57 Å². The number of para-hydroxylation sites is 2. The molecule has 0 saturated heterocycles. The van der Waals surface area contributed by atoms with Crippen LogP contribution in [0.15, 0.2) is 156 Å². The standard InChI is InChI=1S/C43H35NO2/c1-27(2)34(41-29(4)45-39-16-10-8-14-36(39)41)24-18-28(3)32-21-25-35-38(26-32)44(43-42(35)37-15-9-11-17-40(37)46-43)33-22-19-31(20-23-33)30-12-6-5-7-13-30/h5-26,29,41H,1H2,2-4H3/b28-18+,34-24+. The third-order valence-electron chi connectivity index (χ3n) is 9.35. The van der Waals surface area contributed by atoms with Gasteiger partial charge in [0.1, 0.15) is 17.4 Å². The molecule has 0 amide bonds. The maximum atomic E-state index is 6.56. The first-order valence-electron chi connectivity index (χ1n) is 15.9. The summed E-state index contributed by atoms with van der Waals surface area (Å²) in [5, 5.41) is 3.45. The number of furan rings is 1. The van der Waals surface area contributed by atoms with Crippen molar-refractivity contribution in [1.82, 2.24) is 4.57 Å². The Morgan fingerprint density at radius 3 is 2.26 bits per heavy atom. The lowest BCUT2D eigenvalue weighted by Crippen LogP contribution is -2.16. The fourth-order valence-electron chi connectivity index (χ4n) is 7.03. The molecule has 1 aliphatic heterocycles. The van der Waals surface area contributed by atoms with Crippen molar-refractivity contribution in [3.8, 4) is 22.6 Å². The molecule has 2 aromatic heterocycles. The molecule has 8 rings (SSSR count). The average molecular weight is 598 g/mol. The maximum Gasteiger partial charge on any atom is 0.213 e. The predicted octanol–water partition coefficient (Wildman–Crippen LogP) is 11.7. The molecule has 0 fully saturated rings. The van der Waals surface area contributed by atoms with Crippen LogP contribution in [0, 0.1) is 0 Å². The van der Waals surface area contributed by atoms with Gasteiger partial charge in [-0.25, -0.2) is 0 Å². The second-order valence-electron chi connectivity index (χ2n) is 12.3. The smallest absolute Gasteiger partial charge is 0.213 e. The molecule has 2 unspecified atom stereocenters. The van der Waals surface area contributed by atoms with E-state index in [1.807, 2.05) is 24.3 Å². The van der Waals surface area contributed by atoms with E-state index in [0.717, 1.165) is 50.2 Å². The van der Waals surface area contributed by atoms with Crippen LogP contribution in [0.4, 0.5) is 0 Å². The van der Waals surface area contributed by atoms with Crippen LogP contribution in [0.2, 0.25) is 0 Å². The molecule has 0 saturated carbocycles. The number of nitrogens with zero attached hydrogens (tertiary/aromatic N) is 1. The van der Waals surface area contributed by atoms with Gasteiger partial charge in [0, 0.05) is 27.9 Å². The summed E-state index contributed by atoms with van der Waals surface area (Å²) in [5.74, 6) is 1.12. The zero-order valence-electron chi connectivity index (χ0n) is 26.3. The Bertz CT molecular complexity index is 2330. The third kappa shape index (κ3) is 4.59. The fraction of sp³-hybridized carbons (Fsp3) is 0.116. The Labute approximate surface area is 269 Å². The number of rotatable bonds is 6. The highest BCUT2D eigenvalue weighted by Crippen LogP contribution is 2.44. The van der Waals surface area contributed by atoms with Gasteiger partial charge in [-0.2, -0.15) is 0 Å². The van der Waals surface area contributed by atoms with Crippen molar-refractivity contribution in [2.24, 2.45) is 0 Å². The number of benzene rings is 5. The summed E-state index contributed by atoms with van der Waals surface area (Å²) < 4.78 is 15.0. The highest BCUT2D eigenvalue weighted by atomic mass is 16.5. The van der Waals surface area contributed by atoms with E-state index < -0.39 is 0 Å². The summed E-state index contributed by atoms with van der Waals surface area (Å²) in [5.41, 5.74) is 12.1.